The van der Waals surface area contributed by atoms with Gasteiger partial charge in [-0.2, -0.15) is 0 Å². The van der Waals surface area contributed by atoms with E-state index in [2.05, 4.69) is 10.6 Å². The monoisotopic (exact) mass is 888 g/mol. The van der Waals surface area contributed by atoms with Crippen LogP contribution in [0.4, 0.5) is 28.9 Å². The van der Waals surface area contributed by atoms with Gasteiger partial charge in [-0.05, 0) is 102 Å². The lowest BCUT2D eigenvalue weighted by Gasteiger charge is -2.25. The second-order valence-electron chi connectivity index (χ2n) is 14.5. The maximum atomic E-state index is 14.2. The van der Waals surface area contributed by atoms with E-state index in [-0.39, 0.29) is 40.0 Å². The first kappa shape index (κ1) is 45.4. The Hall–Kier alpha value is -7.14. The number of aromatic nitrogens is 2. The number of imidazole rings is 1. The molecule has 0 fully saturated rings. The number of carbonyl (C=O) groups excluding carboxylic acids is 4. The van der Waals surface area contributed by atoms with Crippen LogP contribution in [0.25, 0.3) is 11.0 Å². The average molecular weight is 889 g/mol. The predicted molar refractivity (Wildman–Crippen MR) is 228 cm³/mol. The van der Waals surface area contributed by atoms with Gasteiger partial charge in [-0.3, -0.25) is 28.3 Å². The first-order chi connectivity index (χ1) is 30.0. The minimum atomic E-state index is -1.39. The number of methoxy groups -OCH3 is 2. The summed E-state index contributed by atoms with van der Waals surface area (Å²) < 4.78 is 69.4. The van der Waals surface area contributed by atoms with Crippen LogP contribution in [0.5, 0.6) is 11.5 Å². The SMILES string of the molecule is COc1ccc(N(C)C(=O)C(Cc2cc(F)cc(F)c2)NC(=O)Cn2c(=O)n(CC(=O)N[C@@H](Cc3cc(F)cc(F)c3)C(=O)N(C)c3ccc(OC)cc3)c3ccc(Cl)cc32)cc1. The van der Waals surface area contributed by atoms with Crippen molar-refractivity contribution in [3.05, 3.63) is 153 Å². The number of benzene rings is 5. The van der Waals surface area contributed by atoms with E-state index in [1.54, 1.807) is 48.5 Å². The van der Waals surface area contributed by atoms with Crippen LogP contribution >= 0.6 is 11.6 Å². The van der Waals surface area contributed by atoms with E-state index >= 15 is 0 Å². The molecule has 0 aliphatic heterocycles. The lowest BCUT2D eigenvalue weighted by molar-refractivity contribution is -0.128. The molecule has 5 aromatic carbocycles. The molecule has 0 saturated carbocycles. The summed E-state index contributed by atoms with van der Waals surface area (Å²) in [5, 5.41) is 5.38. The Kier molecular flexibility index (Phi) is 14.2. The van der Waals surface area contributed by atoms with Crippen LogP contribution in [0.15, 0.2) is 108 Å². The van der Waals surface area contributed by atoms with Crippen LogP contribution in [0.1, 0.15) is 11.1 Å². The number of halogens is 5. The van der Waals surface area contributed by atoms with E-state index in [4.69, 9.17) is 21.1 Å². The second-order valence-corrected chi connectivity index (χ2v) is 14.9. The molecule has 0 radical (unpaired) electrons. The molecule has 328 valence electrons. The van der Waals surface area contributed by atoms with Crippen molar-refractivity contribution in [3.63, 3.8) is 0 Å². The first-order valence-corrected chi connectivity index (χ1v) is 19.6. The summed E-state index contributed by atoms with van der Waals surface area (Å²) in [5.41, 5.74) is 0.404. The standard InChI is InChI=1S/C45H41ClF4N6O7/c1-53(33-6-10-35(62-3)11-7-33)43(59)37(19-26-15-29(47)22-30(48)16-26)51-41(57)24-55-39-14-5-28(46)21-40(39)56(45(55)61)25-42(58)52-38(20-27-17-31(49)23-32(50)18-27)44(60)54(2)34-8-12-36(63-4)13-9-34/h5-18,21-23,37-38H,19-20,24-25H2,1-4H3,(H,51,57)(H,52,58)/t37-,38?/m0/s1. The van der Waals surface area contributed by atoms with Crippen molar-refractivity contribution in [2.45, 2.75) is 38.0 Å². The van der Waals surface area contributed by atoms with Gasteiger partial charge in [0.2, 0.25) is 23.6 Å². The molecular formula is C45H41ClF4N6O7. The minimum absolute atomic E-state index is 0.0651. The fourth-order valence-electron chi connectivity index (χ4n) is 7.03. The normalized spacial score (nSPS) is 12.0. The van der Waals surface area contributed by atoms with Gasteiger partial charge in [-0.15, -0.1) is 0 Å². The molecule has 1 unspecified atom stereocenters. The van der Waals surface area contributed by atoms with E-state index in [0.717, 1.165) is 33.4 Å². The zero-order valence-electron chi connectivity index (χ0n) is 34.3. The molecule has 63 heavy (non-hydrogen) atoms. The van der Waals surface area contributed by atoms with Crippen LogP contribution in [0, 0.1) is 23.3 Å². The highest BCUT2D eigenvalue weighted by molar-refractivity contribution is 6.31. The third-order valence-electron chi connectivity index (χ3n) is 10.2. The lowest BCUT2D eigenvalue weighted by Crippen LogP contribution is -2.50. The third-order valence-corrected chi connectivity index (χ3v) is 10.4. The van der Waals surface area contributed by atoms with Gasteiger partial charge >= 0.3 is 5.69 Å². The smallest absolute Gasteiger partial charge is 0.330 e. The Morgan fingerprint density at radius 1 is 0.587 bits per heavy atom. The highest BCUT2D eigenvalue weighted by Gasteiger charge is 2.29. The molecule has 2 N–H and O–H groups in total. The summed E-state index contributed by atoms with van der Waals surface area (Å²) in [6, 6.07) is 19.9. The number of likely N-dealkylation sites (N-methyl/N-ethyl adjacent to an activating group) is 2. The summed E-state index contributed by atoms with van der Waals surface area (Å²) >= 11 is 6.32. The number of amides is 4. The van der Waals surface area contributed by atoms with E-state index in [9.17, 15) is 41.5 Å². The molecule has 4 amide bonds. The Balaban J connectivity index is 1.27. The number of carbonyl (C=O) groups is 4. The number of ether oxygens (including phenoxy) is 2. The van der Waals surface area contributed by atoms with E-state index in [1.165, 1.54) is 56.3 Å². The maximum absolute atomic E-state index is 14.2. The molecule has 6 rings (SSSR count). The van der Waals surface area contributed by atoms with Crippen molar-refractivity contribution in [1.82, 2.24) is 19.8 Å². The van der Waals surface area contributed by atoms with Gasteiger partial charge in [0.15, 0.2) is 0 Å². The van der Waals surface area contributed by atoms with Crippen molar-refractivity contribution in [2.24, 2.45) is 0 Å². The van der Waals surface area contributed by atoms with Crippen LogP contribution < -0.4 is 35.6 Å². The van der Waals surface area contributed by atoms with Gasteiger partial charge in [0.25, 0.3) is 0 Å². The summed E-state index contributed by atoms with van der Waals surface area (Å²) in [6.07, 6.45) is -0.666. The Bertz CT molecular complexity index is 2690. The molecule has 0 saturated heterocycles. The van der Waals surface area contributed by atoms with Crippen molar-refractivity contribution < 1.29 is 46.2 Å². The number of hydrogen-bond donors (Lipinski definition) is 2. The Labute approximate surface area is 363 Å². The van der Waals surface area contributed by atoms with Gasteiger partial charge in [-0.25, -0.2) is 22.4 Å². The highest BCUT2D eigenvalue weighted by Crippen LogP contribution is 2.23. The fourth-order valence-corrected chi connectivity index (χ4v) is 7.19. The molecule has 0 spiro atoms. The predicted octanol–water partition coefficient (Wildman–Crippen LogP) is 5.81. The van der Waals surface area contributed by atoms with Crippen molar-refractivity contribution in [1.29, 1.82) is 0 Å². The first-order valence-electron chi connectivity index (χ1n) is 19.2. The molecule has 0 bridgehead atoms. The number of rotatable bonds is 16. The average Bonchev–Trinajstić information content (AvgIpc) is 3.49. The third kappa shape index (κ3) is 11.0. The summed E-state index contributed by atoms with van der Waals surface area (Å²) in [7, 11) is 5.85. The summed E-state index contributed by atoms with van der Waals surface area (Å²) in [4.78, 5) is 72.1. The van der Waals surface area contributed by atoms with Crippen molar-refractivity contribution >= 4 is 57.6 Å². The largest absolute Gasteiger partial charge is 0.497 e. The topological polar surface area (TPSA) is 144 Å². The summed E-state index contributed by atoms with van der Waals surface area (Å²) in [5.74, 6) is -5.54. The Morgan fingerprint density at radius 3 is 1.35 bits per heavy atom. The van der Waals surface area contributed by atoms with Crippen molar-refractivity contribution in [3.8, 4) is 11.5 Å². The molecule has 13 nitrogen and oxygen atoms in total. The van der Waals surface area contributed by atoms with E-state index in [0.29, 0.717) is 35.0 Å². The van der Waals surface area contributed by atoms with Gasteiger partial charge in [-0.1, -0.05) is 11.6 Å². The molecular weight excluding hydrogens is 848 g/mol. The minimum Gasteiger partial charge on any atom is -0.497 e. The number of nitrogens with one attached hydrogen (secondary N) is 2. The zero-order valence-corrected chi connectivity index (χ0v) is 35.1. The number of hydrogen-bond acceptors (Lipinski definition) is 7. The molecule has 0 aliphatic carbocycles. The summed E-state index contributed by atoms with van der Waals surface area (Å²) in [6.45, 7) is -1.38. The van der Waals surface area contributed by atoms with Crippen LogP contribution in [-0.4, -0.2) is 73.2 Å². The van der Waals surface area contributed by atoms with Gasteiger partial charge in [0.05, 0.1) is 25.3 Å². The van der Waals surface area contributed by atoms with Crippen LogP contribution in [-0.2, 0) is 45.1 Å². The lowest BCUT2D eigenvalue weighted by atomic mass is 10.0. The molecule has 1 aromatic heterocycles. The number of fused-ring (bicyclic) bond motifs is 1. The molecule has 0 aliphatic rings. The molecule has 18 heteroatoms. The van der Waals surface area contributed by atoms with E-state index in [1.807, 2.05) is 0 Å². The second kappa shape index (κ2) is 19.7. The van der Waals surface area contributed by atoms with Gasteiger partial charge in [0, 0.05) is 55.5 Å². The van der Waals surface area contributed by atoms with Crippen LogP contribution in [0.3, 0.4) is 0 Å². The molecule has 2 atom stereocenters. The fraction of sp³-hybridized carbons (Fsp3) is 0.222. The van der Waals surface area contributed by atoms with Crippen LogP contribution in [0.2, 0.25) is 5.02 Å². The Morgan fingerprint density at radius 2 is 0.968 bits per heavy atom. The number of nitrogens with zero attached hydrogens (tertiary/aromatic N) is 4. The molecule has 6 aromatic rings. The number of anilines is 2. The van der Waals surface area contributed by atoms with Gasteiger partial charge in [0.1, 0.15) is 59.9 Å². The molecule has 1 heterocycles. The van der Waals surface area contributed by atoms with Gasteiger partial charge < -0.3 is 29.9 Å². The maximum Gasteiger partial charge on any atom is 0.330 e. The quantitative estimate of drug-likeness (QED) is 0.117. The van der Waals surface area contributed by atoms with E-state index < -0.39 is 77.8 Å². The highest BCUT2D eigenvalue weighted by atomic mass is 35.5. The van der Waals surface area contributed by atoms with Crippen molar-refractivity contribution in [2.75, 3.05) is 38.1 Å². The zero-order chi connectivity index (χ0) is 45.5.